The Labute approximate surface area is 172 Å². The molecule has 2 unspecified atom stereocenters. The molecule has 0 aromatic heterocycles. The zero-order chi connectivity index (χ0) is 22.6. The van der Waals surface area contributed by atoms with Gasteiger partial charge in [0.25, 0.3) is 0 Å². The highest BCUT2D eigenvalue weighted by molar-refractivity contribution is 7.87. The molecule has 7 nitrogen and oxygen atoms in total. The van der Waals surface area contributed by atoms with Gasteiger partial charge in [0, 0.05) is 0 Å². The van der Waals surface area contributed by atoms with Crippen molar-refractivity contribution in [1.29, 1.82) is 0 Å². The summed E-state index contributed by atoms with van der Waals surface area (Å²) in [5, 5.41) is -5.72. The van der Waals surface area contributed by atoms with E-state index >= 15 is 0 Å². The Morgan fingerprint density at radius 3 is 1.90 bits per heavy atom. The topological polar surface area (TPSA) is 107 Å². The molecular formula is C18H26F4O7S. The molecule has 2 aliphatic carbocycles. The van der Waals surface area contributed by atoms with Crippen LogP contribution in [-0.2, 0) is 29.2 Å². The largest absolute Gasteiger partial charge is 0.465 e. The van der Waals surface area contributed by atoms with Crippen LogP contribution in [0.25, 0.3) is 0 Å². The Morgan fingerprint density at radius 1 is 0.867 bits per heavy atom. The average molecular weight is 462 g/mol. The van der Waals surface area contributed by atoms with Crippen LogP contribution in [-0.4, -0.2) is 48.8 Å². The zero-order valence-corrected chi connectivity index (χ0v) is 17.1. The molecule has 12 heteroatoms. The molecule has 0 amide bonds. The van der Waals surface area contributed by atoms with Crippen molar-refractivity contribution >= 4 is 22.1 Å². The van der Waals surface area contributed by atoms with E-state index in [9.17, 15) is 35.6 Å². The highest BCUT2D eigenvalue weighted by atomic mass is 32.2. The molecule has 0 saturated heterocycles. The van der Waals surface area contributed by atoms with Gasteiger partial charge in [-0.05, 0) is 38.5 Å². The first-order chi connectivity index (χ1) is 13.9. The summed E-state index contributed by atoms with van der Waals surface area (Å²) in [5.41, 5.74) is 0. The number of halogens is 4. The lowest BCUT2D eigenvalue weighted by molar-refractivity contribution is -0.179. The van der Waals surface area contributed by atoms with Crippen LogP contribution in [0.2, 0.25) is 0 Å². The summed E-state index contributed by atoms with van der Waals surface area (Å²) in [6.45, 7) is -1.20. The normalized spacial score (nSPS) is 24.3. The van der Waals surface area contributed by atoms with Gasteiger partial charge in [-0.3, -0.25) is 14.1 Å². The maximum absolute atomic E-state index is 13.5. The summed E-state index contributed by atoms with van der Waals surface area (Å²) in [6, 6.07) is 0. The van der Waals surface area contributed by atoms with Gasteiger partial charge in [0.2, 0.25) is 0 Å². The minimum Gasteiger partial charge on any atom is -0.465 e. The number of esters is 2. The monoisotopic (exact) mass is 462 g/mol. The highest BCUT2D eigenvalue weighted by Crippen LogP contribution is 2.41. The number of hydrogen-bond acceptors (Lipinski definition) is 6. The van der Waals surface area contributed by atoms with Gasteiger partial charge in [-0.2, -0.15) is 26.0 Å². The number of carbonyl (C=O) groups is 2. The molecule has 0 aromatic rings. The van der Waals surface area contributed by atoms with Crippen molar-refractivity contribution in [3.8, 4) is 0 Å². The predicted octanol–water partition coefficient (Wildman–Crippen LogP) is 3.72. The van der Waals surface area contributed by atoms with Crippen molar-refractivity contribution < 1.29 is 49.6 Å². The molecule has 2 rings (SSSR count). The van der Waals surface area contributed by atoms with E-state index in [1.54, 1.807) is 0 Å². The Kier molecular flexibility index (Phi) is 8.11. The van der Waals surface area contributed by atoms with Gasteiger partial charge in [-0.15, -0.1) is 0 Å². The third-order valence-corrected chi connectivity index (χ3v) is 6.56. The van der Waals surface area contributed by atoms with Crippen LogP contribution in [0, 0.1) is 11.8 Å². The second kappa shape index (κ2) is 9.80. The second-order valence-corrected chi connectivity index (χ2v) is 9.27. The maximum Gasteiger partial charge on any atom is 0.431 e. The molecular weight excluding hydrogens is 436 g/mol. The van der Waals surface area contributed by atoms with E-state index in [1.165, 1.54) is 0 Å². The van der Waals surface area contributed by atoms with Crippen LogP contribution < -0.4 is 0 Å². The predicted molar refractivity (Wildman–Crippen MR) is 95.4 cm³/mol. The molecule has 0 radical (unpaired) electrons. The fourth-order valence-electron chi connectivity index (χ4n) is 3.85. The summed E-state index contributed by atoms with van der Waals surface area (Å²) in [5.74, 6) is -8.43. The summed E-state index contributed by atoms with van der Waals surface area (Å²) in [7, 11) is -6.35. The van der Waals surface area contributed by atoms with Crippen molar-refractivity contribution in [1.82, 2.24) is 0 Å². The number of ether oxygens (including phenoxy) is 2. The zero-order valence-electron chi connectivity index (χ0n) is 16.3. The third-order valence-electron chi connectivity index (χ3n) is 5.62. The highest BCUT2D eigenvalue weighted by Gasteiger charge is 2.65. The molecule has 0 heterocycles. The lowest BCUT2D eigenvalue weighted by atomic mass is 9.79. The van der Waals surface area contributed by atoms with Crippen molar-refractivity contribution in [3.05, 3.63) is 0 Å². The number of carbonyl (C=O) groups excluding carboxylic acids is 2. The molecule has 1 N–H and O–H groups in total. The van der Waals surface area contributed by atoms with Gasteiger partial charge in [0.1, 0.15) is 6.10 Å². The van der Waals surface area contributed by atoms with E-state index in [2.05, 4.69) is 4.74 Å². The van der Waals surface area contributed by atoms with Crippen molar-refractivity contribution in [2.75, 3.05) is 6.61 Å². The lowest BCUT2D eigenvalue weighted by Crippen LogP contribution is -2.47. The van der Waals surface area contributed by atoms with Gasteiger partial charge < -0.3 is 9.47 Å². The van der Waals surface area contributed by atoms with E-state index < -0.39 is 58.1 Å². The average Bonchev–Trinajstić information content (AvgIpc) is 2.67. The minimum atomic E-state index is -6.35. The number of rotatable bonds is 8. The molecule has 2 saturated carbocycles. The fraction of sp³-hybridized carbons (Fsp3) is 0.889. The summed E-state index contributed by atoms with van der Waals surface area (Å²) in [4.78, 5) is 24.8. The standard InChI is InChI=1S/C18H26F4O7S/c19-17(20,18(21,22)30(25,26)27)10-11-28-15(23)13-8-4-5-9-14(13)16(24)29-12-6-2-1-3-7-12/h12-14H,1-11H2,(H,25,26,27). The van der Waals surface area contributed by atoms with E-state index in [0.717, 1.165) is 32.1 Å². The third kappa shape index (κ3) is 5.83. The Hall–Kier alpha value is -1.43. The molecule has 174 valence electrons. The van der Waals surface area contributed by atoms with Crippen LogP contribution in [0.4, 0.5) is 17.6 Å². The lowest BCUT2D eigenvalue weighted by Gasteiger charge is -2.31. The minimum absolute atomic E-state index is 0.216. The van der Waals surface area contributed by atoms with E-state index in [-0.39, 0.29) is 12.5 Å². The van der Waals surface area contributed by atoms with E-state index in [1.807, 2.05) is 0 Å². The Balaban J connectivity index is 1.93. The van der Waals surface area contributed by atoms with Crippen LogP contribution in [0.15, 0.2) is 0 Å². The molecule has 30 heavy (non-hydrogen) atoms. The Bertz CT molecular complexity index is 720. The van der Waals surface area contributed by atoms with Crippen molar-refractivity contribution in [2.24, 2.45) is 11.8 Å². The van der Waals surface area contributed by atoms with Gasteiger partial charge in [0.15, 0.2) is 0 Å². The molecule has 2 fully saturated rings. The first-order valence-electron chi connectivity index (χ1n) is 9.96. The molecule has 0 aromatic carbocycles. The number of hydrogen-bond donors (Lipinski definition) is 1. The Morgan fingerprint density at radius 2 is 1.37 bits per heavy atom. The summed E-state index contributed by atoms with van der Waals surface area (Å²) >= 11 is 0. The van der Waals surface area contributed by atoms with Crippen LogP contribution in [0.3, 0.4) is 0 Å². The van der Waals surface area contributed by atoms with Gasteiger partial charge in [-0.1, -0.05) is 19.3 Å². The summed E-state index contributed by atoms with van der Waals surface area (Å²) in [6.07, 6.45) is 4.30. The first-order valence-corrected chi connectivity index (χ1v) is 11.4. The van der Waals surface area contributed by atoms with Gasteiger partial charge in [-0.25, -0.2) is 0 Å². The van der Waals surface area contributed by atoms with Crippen molar-refractivity contribution in [3.63, 3.8) is 0 Å². The SMILES string of the molecule is O=C(OCCC(F)(F)C(F)(F)S(=O)(=O)O)C1CCCCC1C(=O)OC1CCCCC1. The van der Waals surface area contributed by atoms with E-state index in [4.69, 9.17) is 9.29 Å². The van der Waals surface area contributed by atoms with Crippen LogP contribution in [0.5, 0.6) is 0 Å². The summed E-state index contributed by atoms with van der Waals surface area (Å²) < 4.78 is 92.8. The van der Waals surface area contributed by atoms with Crippen molar-refractivity contribution in [2.45, 2.75) is 81.5 Å². The smallest absolute Gasteiger partial charge is 0.431 e. The van der Waals surface area contributed by atoms with Crippen LogP contribution in [0.1, 0.15) is 64.2 Å². The van der Waals surface area contributed by atoms with Gasteiger partial charge >= 0.3 is 33.2 Å². The molecule has 0 bridgehead atoms. The first kappa shape index (κ1) is 24.8. The second-order valence-electron chi connectivity index (χ2n) is 7.81. The molecule has 0 aliphatic heterocycles. The quantitative estimate of drug-likeness (QED) is 0.333. The molecule has 0 spiro atoms. The molecule has 2 atom stereocenters. The van der Waals surface area contributed by atoms with Crippen LogP contribution >= 0.6 is 0 Å². The molecule has 2 aliphatic rings. The maximum atomic E-state index is 13.5. The van der Waals surface area contributed by atoms with E-state index in [0.29, 0.717) is 19.3 Å². The van der Waals surface area contributed by atoms with Gasteiger partial charge in [0.05, 0.1) is 24.9 Å². The fourth-order valence-corrected chi connectivity index (χ4v) is 4.33. The number of alkyl halides is 4.